The molecule has 0 unspecified atom stereocenters. The molecule has 2 aromatic heterocycles. The van der Waals surface area contributed by atoms with Crippen LogP contribution in [0.1, 0.15) is 0 Å². The first kappa shape index (κ1) is 7.24. The number of hydrogen-bond donors (Lipinski definition) is 1. The number of pyridine rings is 1. The van der Waals surface area contributed by atoms with Gasteiger partial charge in [0.15, 0.2) is 0 Å². The van der Waals surface area contributed by atoms with Crippen molar-refractivity contribution in [2.45, 2.75) is 0 Å². The fourth-order valence-electron chi connectivity index (χ4n) is 0.924. The van der Waals surface area contributed by atoms with Gasteiger partial charge in [-0.3, -0.25) is 9.97 Å². The molecule has 0 radical (unpaired) electrons. The number of hydrogen-bond acceptors (Lipinski definition) is 4. The van der Waals surface area contributed by atoms with Gasteiger partial charge < -0.3 is 5.73 Å². The molecule has 4 heteroatoms. The Labute approximate surface area is 73.9 Å². The first-order valence-electron chi connectivity index (χ1n) is 3.46. The third kappa shape index (κ3) is 1.29. The van der Waals surface area contributed by atoms with E-state index in [1.54, 1.807) is 35.3 Å². The Balaban J connectivity index is 2.48. The van der Waals surface area contributed by atoms with Gasteiger partial charge >= 0.3 is 0 Å². The molecule has 12 heavy (non-hydrogen) atoms. The van der Waals surface area contributed by atoms with Crippen molar-refractivity contribution in [3.8, 4) is 10.6 Å². The zero-order valence-corrected chi connectivity index (χ0v) is 7.08. The van der Waals surface area contributed by atoms with Crippen molar-refractivity contribution in [3.63, 3.8) is 0 Å². The molecule has 2 heterocycles. The summed E-state index contributed by atoms with van der Waals surface area (Å²) in [4.78, 5) is 9.18. The fourth-order valence-corrected chi connectivity index (χ4v) is 1.51. The van der Waals surface area contributed by atoms with Gasteiger partial charge in [-0.15, -0.1) is 11.3 Å². The van der Waals surface area contributed by atoms with Crippen molar-refractivity contribution in [3.05, 3.63) is 30.0 Å². The number of nitrogens with zero attached hydrogens (tertiary/aromatic N) is 2. The summed E-state index contributed by atoms with van der Waals surface area (Å²) in [5.41, 5.74) is 9.00. The largest absolute Gasteiger partial charge is 0.399 e. The molecule has 0 fully saturated rings. The first-order chi connectivity index (χ1) is 5.86. The molecule has 2 rings (SSSR count). The van der Waals surface area contributed by atoms with Crippen LogP contribution in [0.4, 0.5) is 5.69 Å². The lowest BCUT2D eigenvalue weighted by Crippen LogP contribution is -1.86. The standard InChI is InChI=1S/C8H7N3S/c9-6-1-2-11-7(3-6)8-4-10-5-12-8/h1-5H,(H2,9,11). The maximum absolute atomic E-state index is 5.61. The minimum absolute atomic E-state index is 0.730. The van der Waals surface area contributed by atoms with Crippen LogP contribution in [0.15, 0.2) is 30.0 Å². The molecule has 3 nitrogen and oxygen atoms in total. The van der Waals surface area contributed by atoms with Crippen molar-refractivity contribution in [1.29, 1.82) is 0 Å². The second-order valence-electron chi connectivity index (χ2n) is 2.34. The van der Waals surface area contributed by atoms with Crippen molar-refractivity contribution in [1.82, 2.24) is 9.97 Å². The summed E-state index contributed by atoms with van der Waals surface area (Å²) >= 11 is 1.56. The number of nitrogens with two attached hydrogens (primary N) is 1. The average molecular weight is 177 g/mol. The summed E-state index contributed by atoms with van der Waals surface area (Å²) in [5.74, 6) is 0. The lowest BCUT2D eigenvalue weighted by Gasteiger charge is -1.95. The van der Waals surface area contributed by atoms with Gasteiger partial charge in [-0.05, 0) is 12.1 Å². The Morgan fingerprint density at radius 1 is 1.42 bits per heavy atom. The highest BCUT2D eigenvalue weighted by atomic mass is 32.1. The molecule has 0 spiro atoms. The molecule has 0 amide bonds. The smallest absolute Gasteiger partial charge is 0.0838 e. The van der Waals surface area contributed by atoms with E-state index >= 15 is 0 Å². The quantitative estimate of drug-likeness (QED) is 0.722. The number of anilines is 1. The predicted molar refractivity (Wildman–Crippen MR) is 49.8 cm³/mol. The number of aromatic nitrogens is 2. The lowest BCUT2D eigenvalue weighted by atomic mass is 10.3. The van der Waals surface area contributed by atoms with Crippen LogP contribution in [-0.2, 0) is 0 Å². The molecule has 0 bridgehead atoms. The summed E-state index contributed by atoms with van der Waals surface area (Å²) in [5, 5.41) is 0. The summed E-state index contributed by atoms with van der Waals surface area (Å²) in [6, 6.07) is 3.61. The third-order valence-corrected chi connectivity index (χ3v) is 2.26. The SMILES string of the molecule is Nc1ccnc(-c2cncs2)c1. The van der Waals surface area contributed by atoms with Crippen LogP contribution < -0.4 is 5.73 Å². The average Bonchev–Trinajstić information content (AvgIpc) is 2.56. The Morgan fingerprint density at radius 3 is 3.00 bits per heavy atom. The third-order valence-electron chi connectivity index (χ3n) is 1.47. The second kappa shape index (κ2) is 2.91. The molecular weight excluding hydrogens is 170 g/mol. The van der Waals surface area contributed by atoms with E-state index in [9.17, 15) is 0 Å². The van der Waals surface area contributed by atoms with Crippen LogP contribution >= 0.6 is 11.3 Å². The molecule has 0 aliphatic carbocycles. The molecule has 0 saturated heterocycles. The van der Waals surface area contributed by atoms with E-state index in [1.165, 1.54) is 0 Å². The van der Waals surface area contributed by atoms with Crippen molar-refractivity contribution in [2.75, 3.05) is 5.73 Å². The zero-order chi connectivity index (χ0) is 8.39. The van der Waals surface area contributed by atoms with Crippen LogP contribution in [0.2, 0.25) is 0 Å². The molecule has 0 aromatic carbocycles. The van der Waals surface area contributed by atoms with Crippen molar-refractivity contribution >= 4 is 17.0 Å². The molecule has 0 atom stereocenters. The van der Waals surface area contributed by atoms with Crippen molar-refractivity contribution < 1.29 is 0 Å². The van der Waals surface area contributed by atoms with E-state index in [0.29, 0.717) is 0 Å². The molecular formula is C8H7N3S. The summed E-state index contributed by atoms with van der Waals surface area (Å²) < 4.78 is 0. The highest BCUT2D eigenvalue weighted by Gasteiger charge is 1.99. The Morgan fingerprint density at radius 2 is 2.33 bits per heavy atom. The van der Waals surface area contributed by atoms with Crippen LogP contribution in [0, 0.1) is 0 Å². The Hall–Kier alpha value is -1.42. The number of rotatable bonds is 1. The highest BCUT2D eigenvalue weighted by molar-refractivity contribution is 7.13. The molecule has 0 aliphatic heterocycles. The molecule has 0 saturated carbocycles. The minimum atomic E-state index is 0.730. The van der Waals surface area contributed by atoms with E-state index in [4.69, 9.17) is 5.73 Å². The van der Waals surface area contributed by atoms with E-state index in [-0.39, 0.29) is 0 Å². The van der Waals surface area contributed by atoms with E-state index in [2.05, 4.69) is 9.97 Å². The van der Waals surface area contributed by atoms with Gasteiger partial charge in [0, 0.05) is 18.1 Å². The van der Waals surface area contributed by atoms with Gasteiger partial charge in [-0.2, -0.15) is 0 Å². The normalized spacial score (nSPS) is 10.0. The van der Waals surface area contributed by atoms with Crippen LogP contribution in [0.5, 0.6) is 0 Å². The van der Waals surface area contributed by atoms with Gasteiger partial charge in [0.25, 0.3) is 0 Å². The highest BCUT2D eigenvalue weighted by Crippen LogP contribution is 2.21. The van der Waals surface area contributed by atoms with E-state index in [0.717, 1.165) is 16.3 Å². The van der Waals surface area contributed by atoms with Gasteiger partial charge in [0.1, 0.15) is 0 Å². The molecule has 0 aliphatic rings. The molecule has 2 N–H and O–H groups in total. The summed E-state index contributed by atoms with van der Waals surface area (Å²) in [6.07, 6.45) is 3.48. The van der Waals surface area contributed by atoms with Gasteiger partial charge in [-0.25, -0.2) is 0 Å². The fraction of sp³-hybridized carbons (Fsp3) is 0. The monoisotopic (exact) mass is 177 g/mol. The maximum Gasteiger partial charge on any atom is 0.0838 e. The predicted octanol–water partition coefficient (Wildman–Crippen LogP) is 1.79. The number of nitrogen functional groups attached to an aromatic ring is 1. The molecule has 60 valence electrons. The second-order valence-corrected chi connectivity index (χ2v) is 3.23. The van der Waals surface area contributed by atoms with Crippen molar-refractivity contribution in [2.24, 2.45) is 0 Å². The lowest BCUT2D eigenvalue weighted by molar-refractivity contribution is 1.33. The van der Waals surface area contributed by atoms with Crippen LogP contribution in [0.3, 0.4) is 0 Å². The van der Waals surface area contributed by atoms with Crippen LogP contribution in [0.25, 0.3) is 10.6 Å². The summed E-state index contributed by atoms with van der Waals surface area (Å²) in [7, 11) is 0. The zero-order valence-electron chi connectivity index (χ0n) is 6.27. The maximum atomic E-state index is 5.61. The van der Waals surface area contributed by atoms with Crippen LogP contribution in [-0.4, -0.2) is 9.97 Å². The number of thiazole rings is 1. The Kier molecular flexibility index (Phi) is 1.75. The van der Waals surface area contributed by atoms with E-state index < -0.39 is 0 Å². The summed E-state index contributed by atoms with van der Waals surface area (Å²) in [6.45, 7) is 0. The minimum Gasteiger partial charge on any atom is -0.399 e. The first-order valence-corrected chi connectivity index (χ1v) is 4.34. The van der Waals surface area contributed by atoms with Gasteiger partial charge in [-0.1, -0.05) is 0 Å². The topological polar surface area (TPSA) is 51.8 Å². The van der Waals surface area contributed by atoms with Gasteiger partial charge in [0.2, 0.25) is 0 Å². The molecule has 2 aromatic rings. The van der Waals surface area contributed by atoms with E-state index in [1.807, 2.05) is 6.07 Å². The Bertz CT molecular complexity index is 370. The van der Waals surface area contributed by atoms with Gasteiger partial charge in [0.05, 0.1) is 16.1 Å².